The summed E-state index contributed by atoms with van der Waals surface area (Å²) in [4.78, 5) is 11.2. The first-order chi connectivity index (χ1) is 8.29. The van der Waals surface area contributed by atoms with Gasteiger partial charge < -0.3 is 4.74 Å². The van der Waals surface area contributed by atoms with Gasteiger partial charge >= 0.3 is 5.97 Å². The Morgan fingerprint density at radius 1 is 1.28 bits per heavy atom. The minimum absolute atomic E-state index is 0.247. The maximum absolute atomic E-state index is 11.2. The molecule has 0 fully saturated rings. The maximum Gasteiger partial charge on any atom is 0.303 e. The second-order valence-electron chi connectivity index (χ2n) is 5.61. The van der Waals surface area contributed by atoms with Crippen LogP contribution in [-0.4, -0.2) is 14.0 Å². The second-order valence-corrected chi connectivity index (χ2v) is 10.7. The Bertz CT molecular complexity index is 444. The zero-order valence-corrected chi connectivity index (χ0v) is 12.9. The van der Waals surface area contributed by atoms with Crippen LogP contribution in [0.3, 0.4) is 0 Å². The van der Waals surface area contributed by atoms with Crippen LogP contribution < -0.4 is 0 Å². The highest BCUT2D eigenvalue weighted by Crippen LogP contribution is 2.23. The van der Waals surface area contributed by atoms with Crippen LogP contribution in [0.15, 0.2) is 36.0 Å². The normalized spacial score (nSPS) is 13.6. The Kier molecular flexibility index (Phi) is 4.90. The van der Waals surface area contributed by atoms with E-state index in [9.17, 15) is 4.79 Å². The summed E-state index contributed by atoms with van der Waals surface area (Å²) in [5.41, 5.74) is 4.42. The van der Waals surface area contributed by atoms with E-state index in [0.717, 1.165) is 11.1 Å². The molecule has 0 aliphatic carbocycles. The van der Waals surface area contributed by atoms with Crippen molar-refractivity contribution >= 4 is 14.0 Å². The Morgan fingerprint density at radius 3 is 2.39 bits per heavy atom. The van der Waals surface area contributed by atoms with Gasteiger partial charge in [0.15, 0.2) is 0 Å². The molecule has 0 saturated carbocycles. The van der Waals surface area contributed by atoms with Gasteiger partial charge in [0.2, 0.25) is 0 Å². The van der Waals surface area contributed by atoms with Gasteiger partial charge in [-0.3, -0.25) is 4.79 Å². The summed E-state index contributed by atoms with van der Waals surface area (Å²) < 4.78 is 5.41. The van der Waals surface area contributed by atoms with E-state index in [1.165, 1.54) is 6.92 Å². The number of ether oxygens (including phenoxy) is 1. The lowest BCUT2D eigenvalue weighted by atomic mass is 10.0. The first-order valence-electron chi connectivity index (χ1n) is 6.22. The van der Waals surface area contributed by atoms with Gasteiger partial charge in [-0.2, -0.15) is 0 Å². The van der Waals surface area contributed by atoms with E-state index in [-0.39, 0.29) is 12.1 Å². The third kappa shape index (κ3) is 4.88. The third-order valence-corrected chi connectivity index (χ3v) is 3.75. The molecular weight excluding hydrogens is 240 g/mol. The summed E-state index contributed by atoms with van der Waals surface area (Å²) in [6.45, 7) is 10.3. The van der Waals surface area contributed by atoms with Crippen LogP contribution in [0.1, 0.15) is 24.2 Å². The lowest BCUT2D eigenvalue weighted by molar-refractivity contribution is -0.144. The maximum atomic E-state index is 11.2. The second kappa shape index (κ2) is 6.00. The summed E-state index contributed by atoms with van der Waals surface area (Å²) >= 11 is 0. The van der Waals surface area contributed by atoms with Gasteiger partial charge in [0.25, 0.3) is 0 Å². The molecule has 18 heavy (non-hydrogen) atoms. The highest BCUT2D eigenvalue weighted by atomic mass is 28.3. The molecule has 3 heteroatoms. The van der Waals surface area contributed by atoms with Crippen molar-refractivity contribution in [1.29, 1.82) is 0 Å². The number of carbonyl (C=O) groups excluding carboxylic acids is 1. The zero-order chi connectivity index (χ0) is 13.8. The van der Waals surface area contributed by atoms with E-state index in [2.05, 4.69) is 25.3 Å². The van der Waals surface area contributed by atoms with Crippen LogP contribution in [-0.2, 0) is 9.53 Å². The molecule has 0 aromatic heterocycles. The molecule has 2 nitrogen and oxygen atoms in total. The molecule has 0 heterocycles. The fraction of sp³-hybridized carbons (Fsp3) is 0.400. The lowest BCUT2D eigenvalue weighted by Crippen LogP contribution is -2.17. The lowest BCUT2D eigenvalue weighted by Gasteiger charge is -2.18. The SMILES string of the molecule is CC(=O)OC(/C=C/[Si](C)(C)C)c1ccccc1C. The number of esters is 1. The van der Waals surface area contributed by atoms with Crippen molar-refractivity contribution in [2.24, 2.45) is 0 Å². The Balaban J connectivity index is 3.03. The summed E-state index contributed by atoms with van der Waals surface area (Å²) in [6.07, 6.45) is 1.76. The molecule has 0 amide bonds. The van der Waals surface area contributed by atoms with Crippen LogP contribution >= 0.6 is 0 Å². The number of aryl methyl sites for hydroxylation is 1. The molecule has 0 aliphatic rings. The minimum Gasteiger partial charge on any atom is -0.453 e. The molecule has 1 unspecified atom stereocenters. The van der Waals surface area contributed by atoms with Crippen molar-refractivity contribution in [3.63, 3.8) is 0 Å². The standard InChI is InChI=1S/C15H22O2Si/c1-12-8-6-7-9-14(12)15(17-13(2)16)10-11-18(3,4)5/h6-11,15H,1-5H3/b11-10+. The average Bonchev–Trinajstić information content (AvgIpc) is 2.23. The first-order valence-corrected chi connectivity index (χ1v) is 9.79. The molecule has 0 N–H and O–H groups in total. The smallest absolute Gasteiger partial charge is 0.303 e. The van der Waals surface area contributed by atoms with E-state index >= 15 is 0 Å². The number of hydrogen-bond acceptors (Lipinski definition) is 2. The fourth-order valence-electron chi connectivity index (χ4n) is 1.67. The van der Waals surface area contributed by atoms with Crippen molar-refractivity contribution in [3.8, 4) is 0 Å². The molecule has 0 saturated heterocycles. The van der Waals surface area contributed by atoms with Gasteiger partial charge in [0.05, 0.1) is 8.07 Å². The van der Waals surface area contributed by atoms with E-state index < -0.39 is 8.07 Å². The molecule has 0 radical (unpaired) electrons. The van der Waals surface area contributed by atoms with Gasteiger partial charge in [-0.05, 0) is 24.1 Å². The van der Waals surface area contributed by atoms with Crippen LogP contribution in [0.25, 0.3) is 0 Å². The Hall–Kier alpha value is -1.35. The van der Waals surface area contributed by atoms with Gasteiger partial charge in [-0.25, -0.2) is 0 Å². The van der Waals surface area contributed by atoms with Crippen molar-refractivity contribution in [2.45, 2.75) is 39.6 Å². The van der Waals surface area contributed by atoms with Gasteiger partial charge in [-0.15, -0.1) is 0 Å². The molecule has 0 aliphatic heterocycles. The van der Waals surface area contributed by atoms with Crippen LogP contribution in [0.5, 0.6) is 0 Å². The molecule has 0 spiro atoms. The summed E-state index contributed by atoms with van der Waals surface area (Å²) in [6, 6.07) is 8.01. The van der Waals surface area contributed by atoms with Crippen LogP contribution in [0.4, 0.5) is 0 Å². The van der Waals surface area contributed by atoms with Gasteiger partial charge in [0.1, 0.15) is 6.10 Å². The van der Waals surface area contributed by atoms with Crippen molar-refractivity contribution < 1.29 is 9.53 Å². The number of hydrogen-bond donors (Lipinski definition) is 0. The topological polar surface area (TPSA) is 26.3 Å². The van der Waals surface area contributed by atoms with Crippen molar-refractivity contribution in [1.82, 2.24) is 0 Å². The van der Waals surface area contributed by atoms with E-state index in [0.29, 0.717) is 0 Å². The van der Waals surface area contributed by atoms with Crippen molar-refractivity contribution in [3.05, 3.63) is 47.2 Å². The molecule has 1 aromatic carbocycles. The number of rotatable bonds is 4. The molecule has 0 bridgehead atoms. The fourth-order valence-corrected chi connectivity index (χ4v) is 2.42. The van der Waals surface area contributed by atoms with E-state index in [1.807, 2.05) is 37.3 Å². The molecule has 1 atom stereocenters. The summed E-state index contributed by atoms with van der Waals surface area (Å²) in [5, 5.41) is 0. The summed E-state index contributed by atoms with van der Waals surface area (Å²) in [5.74, 6) is -0.247. The molecule has 1 aromatic rings. The molecular formula is C15H22O2Si. The molecule has 98 valence electrons. The predicted molar refractivity (Wildman–Crippen MR) is 78.2 cm³/mol. The first kappa shape index (κ1) is 14.7. The Labute approximate surface area is 111 Å². The highest BCUT2D eigenvalue weighted by molar-refractivity contribution is 6.80. The Morgan fingerprint density at radius 2 is 1.89 bits per heavy atom. The highest BCUT2D eigenvalue weighted by Gasteiger charge is 2.15. The minimum atomic E-state index is -1.29. The quantitative estimate of drug-likeness (QED) is 0.605. The zero-order valence-electron chi connectivity index (χ0n) is 11.9. The van der Waals surface area contributed by atoms with Crippen LogP contribution in [0.2, 0.25) is 19.6 Å². The number of benzene rings is 1. The van der Waals surface area contributed by atoms with E-state index in [4.69, 9.17) is 4.74 Å². The number of carbonyl (C=O) groups is 1. The summed E-state index contributed by atoms with van der Waals surface area (Å²) in [7, 11) is -1.29. The van der Waals surface area contributed by atoms with Crippen LogP contribution in [0, 0.1) is 6.92 Å². The third-order valence-electron chi connectivity index (χ3n) is 2.56. The molecule has 1 rings (SSSR count). The predicted octanol–water partition coefficient (Wildman–Crippen LogP) is 4.03. The van der Waals surface area contributed by atoms with Crippen molar-refractivity contribution in [2.75, 3.05) is 0 Å². The average molecular weight is 262 g/mol. The van der Waals surface area contributed by atoms with E-state index in [1.54, 1.807) is 0 Å². The largest absolute Gasteiger partial charge is 0.453 e. The van der Waals surface area contributed by atoms with Gasteiger partial charge in [-0.1, -0.05) is 49.6 Å². The monoisotopic (exact) mass is 262 g/mol. The van der Waals surface area contributed by atoms with Gasteiger partial charge in [0, 0.05) is 6.92 Å².